The van der Waals surface area contributed by atoms with Gasteiger partial charge >= 0.3 is 0 Å². The van der Waals surface area contributed by atoms with Crippen molar-refractivity contribution in [1.82, 2.24) is 0 Å². The van der Waals surface area contributed by atoms with Crippen LogP contribution in [0.4, 0.5) is 0 Å². The highest BCUT2D eigenvalue weighted by Gasteiger charge is 2.15. The number of rotatable bonds is 3. The first-order valence-electron chi connectivity index (χ1n) is 6.87. The van der Waals surface area contributed by atoms with Crippen molar-refractivity contribution >= 4 is 23.2 Å². The fraction of sp³-hybridized carbons (Fsp3) is 0.294. The Balaban J connectivity index is 1.78. The van der Waals surface area contributed by atoms with Crippen molar-refractivity contribution in [2.24, 2.45) is 0 Å². The lowest BCUT2D eigenvalue weighted by molar-refractivity contribution is 0.178. The van der Waals surface area contributed by atoms with E-state index in [1.165, 1.54) is 24.0 Å². The molecule has 2 aromatic carbocycles. The Hall–Kier alpha value is -1.02. The number of fused-ring (bicyclic) bond motifs is 1. The molecule has 0 saturated heterocycles. The number of hydrogen-bond acceptors (Lipinski definition) is 1. The van der Waals surface area contributed by atoms with Crippen LogP contribution < -0.4 is 0 Å². The Bertz CT molecular complexity index is 637. The molecule has 0 aromatic heterocycles. The normalized spacial score (nSPS) is 15.2. The number of aliphatic hydroxyl groups is 1. The van der Waals surface area contributed by atoms with Gasteiger partial charge in [0.05, 0.1) is 16.1 Å². The van der Waals surface area contributed by atoms with Crippen molar-refractivity contribution in [2.75, 3.05) is 0 Å². The van der Waals surface area contributed by atoms with E-state index in [-0.39, 0.29) is 0 Å². The Morgan fingerprint density at radius 3 is 2.55 bits per heavy atom. The van der Waals surface area contributed by atoms with Crippen LogP contribution in [0.1, 0.15) is 34.8 Å². The van der Waals surface area contributed by atoms with E-state index in [1.807, 2.05) is 18.2 Å². The fourth-order valence-electron chi connectivity index (χ4n) is 2.81. The van der Waals surface area contributed by atoms with Gasteiger partial charge in [-0.05, 0) is 53.6 Å². The highest BCUT2D eigenvalue weighted by atomic mass is 35.5. The third-order valence-electron chi connectivity index (χ3n) is 3.92. The fourth-order valence-corrected chi connectivity index (χ4v) is 3.13. The first-order valence-corrected chi connectivity index (χ1v) is 7.63. The van der Waals surface area contributed by atoms with Gasteiger partial charge in [0.15, 0.2) is 0 Å². The number of aryl methyl sites for hydroxylation is 2. The van der Waals surface area contributed by atoms with Crippen LogP contribution in [-0.2, 0) is 19.3 Å². The summed E-state index contributed by atoms with van der Waals surface area (Å²) in [5, 5.41) is 11.5. The van der Waals surface area contributed by atoms with Gasteiger partial charge in [-0.3, -0.25) is 0 Å². The first-order chi connectivity index (χ1) is 9.63. The van der Waals surface area contributed by atoms with Gasteiger partial charge in [0.25, 0.3) is 0 Å². The second-order valence-corrected chi connectivity index (χ2v) is 6.16. The molecule has 1 nitrogen and oxygen atoms in total. The lowest BCUT2D eigenvalue weighted by atomic mass is 9.98. The van der Waals surface area contributed by atoms with Gasteiger partial charge in [0.2, 0.25) is 0 Å². The lowest BCUT2D eigenvalue weighted by Gasteiger charge is -2.13. The van der Waals surface area contributed by atoms with E-state index in [2.05, 4.69) is 12.1 Å². The van der Waals surface area contributed by atoms with Crippen molar-refractivity contribution in [3.05, 3.63) is 68.7 Å². The molecule has 0 heterocycles. The first kappa shape index (κ1) is 13.9. The molecule has 0 aliphatic heterocycles. The van der Waals surface area contributed by atoms with Crippen molar-refractivity contribution in [1.29, 1.82) is 0 Å². The van der Waals surface area contributed by atoms with Crippen LogP contribution in [0.25, 0.3) is 0 Å². The van der Waals surface area contributed by atoms with Gasteiger partial charge < -0.3 is 5.11 Å². The quantitative estimate of drug-likeness (QED) is 0.867. The minimum absolute atomic E-state index is 0.502. The highest BCUT2D eigenvalue weighted by molar-refractivity contribution is 6.42. The maximum Gasteiger partial charge on any atom is 0.0830 e. The summed E-state index contributed by atoms with van der Waals surface area (Å²) >= 11 is 11.9. The van der Waals surface area contributed by atoms with Crippen LogP contribution in [0.15, 0.2) is 36.4 Å². The molecule has 20 heavy (non-hydrogen) atoms. The molecule has 0 bridgehead atoms. The summed E-state index contributed by atoms with van der Waals surface area (Å²) in [6.07, 6.45) is 3.57. The molecular formula is C17H16Cl2O. The monoisotopic (exact) mass is 306 g/mol. The van der Waals surface area contributed by atoms with Gasteiger partial charge in [-0.15, -0.1) is 0 Å². The Labute approximate surface area is 129 Å². The zero-order chi connectivity index (χ0) is 14.1. The zero-order valence-electron chi connectivity index (χ0n) is 11.1. The van der Waals surface area contributed by atoms with Gasteiger partial charge in [0.1, 0.15) is 0 Å². The standard InChI is InChI=1S/C17H16Cl2O/c18-15-7-4-11(8-16(15)19)9-17(20)14-6-5-12-2-1-3-13(12)10-14/h4-8,10,17,20H,1-3,9H2. The van der Waals surface area contributed by atoms with Crippen LogP contribution in [0, 0.1) is 0 Å². The van der Waals surface area contributed by atoms with Crippen LogP contribution in [0.3, 0.4) is 0 Å². The Morgan fingerprint density at radius 1 is 0.950 bits per heavy atom. The molecule has 0 amide bonds. The molecule has 1 atom stereocenters. The van der Waals surface area contributed by atoms with Crippen LogP contribution in [0.5, 0.6) is 0 Å². The lowest BCUT2D eigenvalue weighted by Crippen LogP contribution is -2.02. The van der Waals surface area contributed by atoms with E-state index in [4.69, 9.17) is 23.2 Å². The number of halogens is 2. The second kappa shape index (κ2) is 5.77. The molecule has 0 radical (unpaired) electrons. The topological polar surface area (TPSA) is 20.2 Å². The molecule has 104 valence electrons. The molecule has 0 spiro atoms. The van der Waals surface area contributed by atoms with Crippen molar-refractivity contribution in [3.63, 3.8) is 0 Å². The molecule has 1 N–H and O–H groups in total. The summed E-state index contributed by atoms with van der Waals surface area (Å²) in [7, 11) is 0. The van der Waals surface area contributed by atoms with Crippen molar-refractivity contribution in [2.45, 2.75) is 31.8 Å². The molecule has 1 unspecified atom stereocenters. The molecule has 3 rings (SSSR count). The minimum atomic E-state index is -0.502. The molecule has 2 aromatic rings. The predicted molar refractivity (Wildman–Crippen MR) is 83.6 cm³/mol. The molecule has 0 saturated carbocycles. The average molecular weight is 307 g/mol. The summed E-state index contributed by atoms with van der Waals surface area (Å²) in [4.78, 5) is 0. The van der Waals surface area contributed by atoms with E-state index in [1.54, 1.807) is 6.07 Å². The Kier molecular flexibility index (Phi) is 4.02. The zero-order valence-corrected chi connectivity index (χ0v) is 12.6. The molecule has 1 aliphatic rings. The van der Waals surface area contributed by atoms with E-state index >= 15 is 0 Å². The van der Waals surface area contributed by atoms with Crippen molar-refractivity contribution in [3.8, 4) is 0 Å². The van der Waals surface area contributed by atoms with Gasteiger partial charge in [-0.25, -0.2) is 0 Å². The van der Waals surface area contributed by atoms with E-state index in [0.29, 0.717) is 16.5 Å². The van der Waals surface area contributed by atoms with E-state index in [9.17, 15) is 5.11 Å². The second-order valence-electron chi connectivity index (χ2n) is 5.35. The summed E-state index contributed by atoms with van der Waals surface area (Å²) in [5.74, 6) is 0. The molecular weight excluding hydrogens is 291 g/mol. The molecule has 3 heteroatoms. The SMILES string of the molecule is OC(Cc1ccc(Cl)c(Cl)c1)c1ccc2c(c1)CCC2. The number of hydrogen-bond donors (Lipinski definition) is 1. The third-order valence-corrected chi connectivity index (χ3v) is 4.66. The summed E-state index contributed by atoms with van der Waals surface area (Å²) in [5.41, 5.74) is 4.79. The van der Waals surface area contributed by atoms with Gasteiger partial charge in [-0.1, -0.05) is 47.5 Å². The van der Waals surface area contributed by atoms with Gasteiger partial charge in [-0.2, -0.15) is 0 Å². The number of aliphatic hydroxyl groups excluding tert-OH is 1. The van der Waals surface area contributed by atoms with Crippen LogP contribution in [-0.4, -0.2) is 5.11 Å². The highest BCUT2D eigenvalue weighted by Crippen LogP contribution is 2.28. The van der Waals surface area contributed by atoms with Crippen molar-refractivity contribution < 1.29 is 5.11 Å². The smallest absolute Gasteiger partial charge is 0.0830 e. The predicted octanol–water partition coefficient (Wildman–Crippen LogP) is 4.76. The maximum atomic E-state index is 10.4. The summed E-state index contributed by atoms with van der Waals surface area (Å²) in [6.45, 7) is 0. The van der Waals surface area contributed by atoms with Crippen LogP contribution >= 0.6 is 23.2 Å². The Morgan fingerprint density at radius 2 is 1.75 bits per heavy atom. The molecule has 1 aliphatic carbocycles. The van der Waals surface area contributed by atoms with Gasteiger partial charge in [0, 0.05) is 6.42 Å². The third kappa shape index (κ3) is 2.85. The largest absolute Gasteiger partial charge is 0.388 e. The van der Waals surface area contributed by atoms with E-state index < -0.39 is 6.10 Å². The minimum Gasteiger partial charge on any atom is -0.388 e. The maximum absolute atomic E-state index is 10.4. The van der Waals surface area contributed by atoms with Crippen LogP contribution in [0.2, 0.25) is 10.0 Å². The number of benzene rings is 2. The summed E-state index contributed by atoms with van der Waals surface area (Å²) < 4.78 is 0. The average Bonchev–Trinajstić information content (AvgIpc) is 2.90. The van der Waals surface area contributed by atoms with E-state index in [0.717, 1.165) is 17.5 Å². The molecule has 0 fully saturated rings. The summed E-state index contributed by atoms with van der Waals surface area (Å²) in [6, 6.07) is 11.8.